The van der Waals surface area contributed by atoms with Crippen molar-refractivity contribution >= 4 is 11.7 Å². The zero-order valence-electron chi connectivity index (χ0n) is 8.38. The van der Waals surface area contributed by atoms with Gasteiger partial charge in [-0.2, -0.15) is 0 Å². The summed E-state index contributed by atoms with van der Waals surface area (Å²) in [5, 5.41) is 0. The molecule has 0 aromatic carbocycles. The Hall–Kier alpha value is -0.860. The third-order valence-electron chi connectivity index (χ3n) is 2.57. The van der Waals surface area contributed by atoms with Crippen molar-refractivity contribution < 1.29 is 9.59 Å². The highest BCUT2D eigenvalue weighted by Gasteiger charge is 2.27. The minimum absolute atomic E-state index is 0.0110. The molecule has 1 rings (SSSR count). The minimum Gasteiger partial charge on any atom is -0.339 e. The molecule has 74 valence electrons. The van der Waals surface area contributed by atoms with Crippen LogP contribution in [0, 0.1) is 0 Å². The average Bonchev–Trinajstić information content (AvgIpc) is 2.49. The summed E-state index contributed by atoms with van der Waals surface area (Å²) in [5.41, 5.74) is 0. The molecule has 3 nitrogen and oxygen atoms in total. The largest absolute Gasteiger partial charge is 0.339 e. The number of carbonyl (C=O) groups excluding carboxylic acids is 2. The molecule has 1 unspecified atom stereocenters. The molecule has 1 amide bonds. The molecule has 13 heavy (non-hydrogen) atoms. The van der Waals surface area contributed by atoms with Crippen LogP contribution in [-0.2, 0) is 9.59 Å². The van der Waals surface area contributed by atoms with Gasteiger partial charge in [0.25, 0.3) is 0 Å². The summed E-state index contributed by atoms with van der Waals surface area (Å²) >= 11 is 0. The molecule has 0 bridgehead atoms. The Labute approximate surface area is 79.1 Å². The van der Waals surface area contributed by atoms with E-state index in [1.165, 1.54) is 6.92 Å². The van der Waals surface area contributed by atoms with E-state index in [0.717, 1.165) is 25.8 Å². The van der Waals surface area contributed by atoms with E-state index < -0.39 is 0 Å². The second-order valence-corrected chi connectivity index (χ2v) is 3.67. The molecule has 0 spiro atoms. The fourth-order valence-electron chi connectivity index (χ4n) is 1.90. The molecule has 1 aliphatic heterocycles. The summed E-state index contributed by atoms with van der Waals surface area (Å²) in [6, 6.07) is 0.381. The van der Waals surface area contributed by atoms with Gasteiger partial charge in [0, 0.05) is 12.6 Å². The number of rotatable bonds is 3. The zero-order chi connectivity index (χ0) is 9.84. The standard InChI is InChI=1S/C10H17NO2/c1-3-9-5-4-6-11(9)10(13)7-8(2)12/h9H,3-7H2,1-2H3. The van der Waals surface area contributed by atoms with Gasteiger partial charge in [-0.15, -0.1) is 0 Å². The van der Waals surface area contributed by atoms with Crippen molar-refractivity contribution in [3.05, 3.63) is 0 Å². The van der Waals surface area contributed by atoms with Crippen LogP contribution < -0.4 is 0 Å². The first-order valence-electron chi connectivity index (χ1n) is 4.94. The summed E-state index contributed by atoms with van der Waals surface area (Å²) in [5.74, 6) is -0.0244. The Morgan fingerprint density at radius 2 is 2.15 bits per heavy atom. The number of nitrogens with zero attached hydrogens (tertiary/aromatic N) is 1. The quantitative estimate of drug-likeness (QED) is 0.620. The van der Waals surface area contributed by atoms with Crippen molar-refractivity contribution in [2.24, 2.45) is 0 Å². The van der Waals surface area contributed by atoms with Gasteiger partial charge in [0.1, 0.15) is 5.78 Å². The third kappa shape index (κ3) is 2.54. The molecule has 1 heterocycles. The summed E-state index contributed by atoms with van der Waals surface area (Å²) in [4.78, 5) is 24.2. The number of ketones is 1. The SMILES string of the molecule is CCC1CCCN1C(=O)CC(C)=O. The number of hydrogen-bond donors (Lipinski definition) is 0. The molecular weight excluding hydrogens is 166 g/mol. The first-order valence-corrected chi connectivity index (χ1v) is 4.94. The normalized spacial score (nSPS) is 22.0. The fraction of sp³-hybridized carbons (Fsp3) is 0.800. The van der Waals surface area contributed by atoms with E-state index in [9.17, 15) is 9.59 Å². The van der Waals surface area contributed by atoms with Crippen LogP contribution in [0.1, 0.15) is 39.5 Å². The smallest absolute Gasteiger partial charge is 0.230 e. The van der Waals surface area contributed by atoms with Gasteiger partial charge in [-0.3, -0.25) is 9.59 Å². The Bertz CT molecular complexity index is 213. The van der Waals surface area contributed by atoms with Crippen molar-refractivity contribution in [3.8, 4) is 0 Å². The van der Waals surface area contributed by atoms with Crippen LogP contribution in [0.25, 0.3) is 0 Å². The first kappa shape index (κ1) is 10.2. The van der Waals surface area contributed by atoms with Crippen LogP contribution in [0.5, 0.6) is 0 Å². The van der Waals surface area contributed by atoms with Crippen LogP contribution in [0.3, 0.4) is 0 Å². The second kappa shape index (κ2) is 4.40. The monoisotopic (exact) mass is 183 g/mol. The lowest BCUT2D eigenvalue weighted by molar-refractivity contribution is -0.135. The molecule has 0 radical (unpaired) electrons. The second-order valence-electron chi connectivity index (χ2n) is 3.67. The highest BCUT2D eigenvalue weighted by atomic mass is 16.2. The van der Waals surface area contributed by atoms with Gasteiger partial charge in [-0.25, -0.2) is 0 Å². The molecule has 1 saturated heterocycles. The molecule has 1 aliphatic rings. The highest BCUT2D eigenvalue weighted by Crippen LogP contribution is 2.20. The summed E-state index contributed by atoms with van der Waals surface area (Å²) in [6.45, 7) is 4.39. The van der Waals surface area contributed by atoms with E-state index in [0.29, 0.717) is 6.04 Å². The zero-order valence-corrected chi connectivity index (χ0v) is 8.38. The summed E-state index contributed by atoms with van der Waals surface area (Å²) in [7, 11) is 0. The van der Waals surface area contributed by atoms with Crippen molar-refractivity contribution in [3.63, 3.8) is 0 Å². The van der Waals surface area contributed by atoms with E-state index in [-0.39, 0.29) is 18.1 Å². The molecular formula is C10H17NO2. The molecule has 0 aliphatic carbocycles. The molecule has 0 saturated carbocycles. The number of amides is 1. The number of Topliss-reactive ketones (excluding diaryl/α,β-unsaturated/α-hetero) is 1. The number of hydrogen-bond acceptors (Lipinski definition) is 2. The molecule has 0 aromatic rings. The van der Waals surface area contributed by atoms with Gasteiger partial charge in [-0.05, 0) is 26.2 Å². The van der Waals surface area contributed by atoms with Gasteiger partial charge in [-0.1, -0.05) is 6.92 Å². The van der Waals surface area contributed by atoms with Crippen molar-refractivity contribution in [2.75, 3.05) is 6.54 Å². The minimum atomic E-state index is -0.0354. The maximum absolute atomic E-state index is 11.5. The van der Waals surface area contributed by atoms with E-state index >= 15 is 0 Å². The Kier molecular flexibility index (Phi) is 3.46. The Balaban J connectivity index is 2.50. The molecule has 3 heteroatoms. The molecule has 1 atom stereocenters. The van der Waals surface area contributed by atoms with Gasteiger partial charge in [0.15, 0.2) is 0 Å². The predicted molar refractivity (Wildman–Crippen MR) is 50.3 cm³/mol. The lowest BCUT2D eigenvalue weighted by Gasteiger charge is -2.22. The Morgan fingerprint density at radius 3 is 2.69 bits per heavy atom. The third-order valence-corrected chi connectivity index (χ3v) is 2.57. The van der Waals surface area contributed by atoms with Gasteiger partial charge >= 0.3 is 0 Å². The Morgan fingerprint density at radius 1 is 1.46 bits per heavy atom. The molecule has 0 aromatic heterocycles. The van der Waals surface area contributed by atoms with Crippen molar-refractivity contribution in [1.82, 2.24) is 4.90 Å². The van der Waals surface area contributed by atoms with Crippen molar-refractivity contribution in [2.45, 2.75) is 45.6 Å². The maximum atomic E-state index is 11.5. The highest BCUT2D eigenvalue weighted by molar-refractivity contribution is 5.97. The van der Waals surface area contributed by atoms with Gasteiger partial charge in [0.05, 0.1) is 6.42 Å². The number of likely N-dealkylation sites (tertiary alicyclic amines) is 1. The first-order chi connectivity index (χ1) is 6.15. The topological polar surface area (TPSA) is 37.4 Å². The molecule has 1 fully saturated rings. The van der Waals surface area contributed by atoms with Crippen molar-refractivity contribution in [1.29, 1.82) is 0 Å². The van der Waals surface area contributed by atoms with E-state index in [2.05, 4.69) is 6.92 Å². The summed E-state index contributed by atoms with van der Waals surface area (Å²) < 4.78 is 0. The van der Waals surface area contributed by atoms with E-state index in [1.54, 1.807) is 0 Å². The van der Waals surface area contributed by atoms with E-state index in [4.69, 9.17) is 0 Å². The van der Waals surface area contributed by atoms with Crippen LogP contribution in [-0.4, -0.2) is 29.2 Å². The van der Waals surface area contributed by atoms with Gasteiger partial charge in [0.2, 0.25) is 5.91 Å². The van der Waals surface area contributed by atoms with Crippen LogP contribution in [0.15, 0.2) is 0 Å². The van der Waals surface area contributed by atoms with E-state index in [1.807, 2.05) is 4.90 Å². The fourth-order valence-corrected chi connectivity index (χ4v) is 1.90. The summed E-state index contributed by atoms with van der Waals surface area (Å²) in [6.07, 6.45) is 3.27. The predicted octanol–water partition coefficient (Wildman–Crippen LogP) is 1.37. The number of carbonyl (C=O) groups is 2. The lowest BCUT2D eigenvalue weighted by atomic mass is 10.1. The lowest BCUT2D eigenvalue weighted by Crippen LogP contribution is -2.35. The maximum Gasteiger partial charge on any atom is 0.230 e. The van der Waals surface area contributed by atoms with Crippen LogP contribution in [0.2, 0.25) is 0 Å². The van der Waals surface area contributed by atoms with Crippen LogP contribution in [0.4, 0.5) is 0 Å². The van der Waals surface area contributed by atoms with Gasteiger partial charge < -0.3 is 4.90 Å². The van der Waals surface area contributed by atoms with Crippen LogP contribution >= 0.6 is 0 Å². The molecule has 0 N–H and O–H groups in total. The average molecular weight is 183 g/mol.